The molecule has 0 saturated carbocycles. The smallest absolute Gasteiger partial charge is 0.119 e. The summed E-state index contributed by atoms with van der Waals surface area (Å²) in [5.41, 5.74) is 3.97. The van der Waals surface area contributed by atoms with Gasteiger partial charge in [0, 0.05) is 23.8 Å². The van der Waals surface area contributed by atoms with E-state index in [0.717, 1.165) is 30.3 Å². The van der Waals surface area contributed by atoms with Crippen molar-refractivity contribution in [1.29, 1.82) is 0 Å². The monoisotopic (exact) mass is 273 g/mol. The molecule has 0 radical (unpaired) electrons. The van der Waals surface area contributed by atoms with Crippen LogP contribution in [0.5, 0.6) is 5.75 Å². The van der Waals surface area contributed by atoms with Crippen molar-refractivity contribution < 1.29 is 4.74 Å². The Bertz CT molecular complexity index is 580. The van der Waals surface area contributed by atoms with Gasteiger partial charge in [0.2, 0.25) is 0 Å². The van der Waals surface area contributed by atoms with Gasteiger partial charge in [-0.25, -0.2) is 0 Å². The van der Waals surface area contributed by atoms with Crippen LogP contribution < -0.4 is 9.64 Å². The van der Waals surface area contributed by atoms with Crippen LogP contribution in [0.25, 0.3) is 0 Å². The Hall–Kier alpha value is -1.67. The normalized spacial score (nSPS) is 13.5. The highest BCUT2D eigenvalue weighted by Crippen LogP contribution is 2.32. The number of benzene rings is 2. The molecule has 19 heavy (non-hydrogen) atoms. The minimum Gasteiger partial charge on any atom is -0.497 e. The van der Waals surface area contributed by atoms with Gasteiger partial charge in [-0.1, -0.05) is 23.7 Å². The number of nitrogens with zero attached hydrogens (tertiary/aromatic N) is 1. The lowest BCUT2D eigenvalue weighted by molar-refractivity contribution is 0.414. The number of anilines is 1. The number of ether oxygens (including phenoxy) is 1. The second-order valence-corrected chi connectivity index (χ2v) is 5.23. The largest absolute Gasteiger partial charge is 0.497 e. The first-order valence-corrected chi connectivity index (χ1v) is 6.80. The Kier molecular flexibility index (Phi) is 3.34. The standard InChI is InChI=1S/C16H16ClNO/c1-19-15-6-7-16-13(10-15)8-9-18(16)11-12-2-4-14(17)5-3-12/h2-7,10H,8-9,11H2,1H3. The first-order valence-electron chi connectivity index (χ1n) is 6.42. The van der Waals surface area contributed by atoms with Gasteiger partial charge in [-0.05, 0) is 47.9 Å². The molecule has 0 fully saturated rings. The van der Waals surface area contributed by atoms with Gasteiger partial charge in [0.05, 0.1) is 7.11 Å². The summed E-state index contributed by atoms with van der Waals surface area (Å²) in [6.07, 6.45) is 1.08. The van der Waals surface area contributed by atoms with Crippen molar-refractivity contribution in [2.45, 2.75) is 13.0 Å². The highest BCUT2D eigenvalue weighted by Gasteiger charge is 2.19. The average molecular weight is 274 g/mol. The summed E-state index contributed by atoms with van der Waals surface area (Å²) in [6.45, 7) is 1.99. The molecule has 2 nitrogen and oxygen atoms in total. The molecule has 2 aromatic rings. The van der Waals surface area contributed by atoms with Crippen molar-refractivity contribution in [3.63, 3.8) is 0 Å². The van der Waals surface area contributed by atoms with Crippen molar-refractivity contribution >= 4 is 17.3 Å². The molecule has 0 atom stereocenters. The van der Waals surface area contributed by atoms with Crippen LogP contribution in [-0.4, -0.2) is 13.7 Å². The lowest BCUT2D eigenvalue weighted by Gasteiger charge is -2.19. The summed E-state index contributed by atoms with van der Waals surface area (Å²) in [5.74, 6) is 0.937. The molecule has 0 spiro atoms. The third-order valence-corrected chi connectivity index (χ3v) is 3.82. The van der Waals surface area contributed by atoms with Gasteiger partial charge in [-0.2, -0.15) is 0 Å². The van der Waals surface area contributed by atoms with E-state index in [-0.39, 0.29) is 0 Å². The maximum absolute atomic E-state index is 5.92. The molecular weight excluding hydrogens is 258 g/mol. The highest BCUT2D eigenvalue weighted by molar-refractivity contribution is 6.30. The van der Waals surface area contributed by atoms with Gasteiger partial charge in [0.15, 0.2) is 0 Å². The number of hydrogen-bond donors (Lipinski definition) is 0. The fraction of sp³-hybridized carbons (Fsp3) is 0.250. The lowest BCUT2D eigenvalue weighted by atomic mass is 10.1. The summed E-state index contributed by atoms with van der Waals surface area (Å²) in [6, 6.07) is 14.4. The Balaban J connectivity index is 1.80. The van der Waals surface area contributed by atoms with Gasteiger partial charge >= 0.3 is 0 Å². The molecule has 98 valence electrons. The molecule has 0 amide bonds. The Labute approximate surface area is 118 Å². The second-order valence-electron chi connectivity index (χ2n) is 4.79. The second kappa shape index (κ2) is 5.14. The van der Waals surface area contributed by atoms with E-state index in [1.807, 2.05) is 18.2 Å². The maximum Gasteiger partial charge on any atom is 0.119 e. The molecule has 3 heteroatoms. The van der Waals surface area contributed by atoms with E-state index in [1.165, 1.54) is 16.8 Å². The van der Waals surface area contributed by atoms with Gasteiger partial charge < -0.3 is 9.64 Å². The molecule has 1 heterocycles. The number of hydrogen-bond acceptors (Lipinski definition) is 2. The fourth-order valence-electron chi connectivity index (χ4n) is 2.55. The predicted octanol–water partition coefficient (Wildman–Crippen LogP) is 3.91. The number of methoxy groups -OCH3 is 1. The molecule has 1 aliphatic heterocycles. The summed E-state index contributed by atoms with van der Waals surface area (Å²) < 4.78 is 5.27. The van der Waals surface area contributed by atoms with Gasteiger partial charge in [0.25, 0.3) is 0 Å². The van der Waals surface area contributed by atoms with Crippen LogP contribution in [0.4, 0.5) is 5.69 Å². The summed E-state index contributed by atoms with van der Waals surface area (Å²) in [5, 5.41) is 0.787. The molecule has 0 saturated heterocycles. The summed E-state index contributed by atoms with van der Waals surface area (Å²) in [7, 11) is 1.71. The quantitative estimate of drug-likeness (QED) is 0.841. The van der Waals surface area contributed by atoms with Crippen molar-refractivity contribution in [3.8, 4) is 5.75 Å². The van der Waals surface area contributed by atoms with E-state index in [9.17, 15) is 0 Å². The van der Waals surface area contributed by atoms with E-state index in [1.54, 1.807) is 7.11 Å². The molecule has 0 aromatic heterocycles. The topological polar surface area (TPSA) is 12.5 Å². The predicted molar refractivity (Wildman–Crippen MR) is 79.2 cm³/mol. The van der Waals surface area contributed by atoms with Gasteiger partial charge in [-0.15, -0.1) is 0 Å². The summed E-state index contributed by atoms with van der Waals surface area (Å²) in [4.78, 5) is 2.40. The average Bonchev–Trinajstić information content (AvgIpc) is 2.83. The van der Waals surface area contributed by atoms with E-state index >= 15 is 0 Å². The van der Waals surface area contributed by atoms with Crippen LogP contribution in [0, 0.1) is 0 Å². The molecule has 0 unspecified atom stereocenters. The minimum absolute atomic E-state index is 0.787. The molecule has 0 N–H and O–H groups in total. The van der Waals surface area contributed by atoms with Crippen molar-refractivity contribution in [2.75, 3.05) is 18.6 Å². The minimum atomic E-state index is 0.787. The lowest BCUT2D eigenvalue weighted by Crippen LogP contribution is -2.19. The Morgan fingerprint density at radius 2 is 1.95 bits per heavy atom. The van der Waals surface area contributed by atoms with E-state index < -0.39 is 0 Å². The third-order valence-electron chi connectivity index (χ3n) is 3.57. The zero-order valence-electron chi connectivity index (χ0n) is 10.9. The Morgan fingerprint density at radius 3 is 2.68 bits per heavy atom. The van der Waals surface area contributed by atoms with Crippen LogP contribution >= 0.6 is 11.6 Å². The van der Waals surface area contributed by atoms with E-state index in [2.05, 4.69) is 29.2 Å². The number of halogens is 1. The van der Waals surface area contributed by atoms with Crippen molar-refractivity contribution in [3.05, 3.63) is 58.6 Å². The molecule has 3 rings (SSSR count). The summed E-state index contributed by atoms with van der Waals surface area (Å²) >= 11 is 5.92. The first-order chi connectivity index (χ1) is 9.26. The SMILES string of the molecule is COc1ccc2c(c1)CCN2Cc1ccc(Cl)cc1. The van der Waals surface area contributed by atoms with Crippen LogP contribution in [-0.2, 0) is 13.0 Å². The van der Waals surface area contributed by atoms with E-state index in [0.29, 0.717) is 0 Å². The zero-order valence-corrected chi connectivity index (χ0v) is 11.7. The van der Waals surface area contributed by atoms with Crippen LogP contribution in [0.2, 0.25) is 5.02 Å². The van der Waals surface area contributed by atoms with Gasteiger partial charge in [-0.3, -0.25) is 0 Å². The zero-order chi connectivity index (χ0) is 13.2. The van der Waals surface area contributed by atoms with Crippen LogP contribution in [0.1, 0.15) is 11.1 Å². The van der Waals surface area contributed by atoms with E-state index in [4.69, 9.17) is 16.3 Å². The first kappa shape index (κ1) is 12.4. The molecule has 0 aliphatic carbocycles. The highest BCUT2D eigenvalue weighted by atomic mass is 35.5. The number of fused-ring (bicyclic) bond motifs is 1. The van der Waals surface area contributed by atoms with Crippen molar-refractivity contribution in [1.82, 2.24) is 0 Å². The van der Waals surface area contributed by atoms with Crippen LogP contribution in [0.15, 0.2) is 42.5 Å². The Morgan fingerprint density at radius 1 is 1.16 bits per heavy atom. The molecular formula is C16H16ClNO. The maximum atomic E-state index is 5.92. The van der Waals surface area contributed by atoms with Crippen LogP contribution in [0.3, 0.4) is 0 Å². The van der Waals surface area contributed by atoms with Gasteiger partial charge in [0.1, 0.15) is 5.75 Å². The van der Waals surface area contributed by atoms with Crippen molar-refractivity contribution in [2.24, 2.45) is 0 Å². The fourth-order valence-corrected chi connectivity index (χ4v) is 2.67. The third kappa shape index (κ3) is 2.54. The number of rotatable bonds is 3. The molecule has 2 aromatic carbocycles. The molecule has 1 aliphatic rings. The molecule has 0 bridgehead atoms.